The van der Waals surface area contributed by atoms with E-state index in [-0.39, 0.29) is 23.9 Å². The monoisotopic (exact) mass is 205 g/mol. The van der Waals surface area contributed by atoms with E-state index < -0.39 is 5.75 Å². The molecule has 1 rings (SSSR count). The fourth-order valence-corrected chi connectivity index (χ4v) is 0.972. The minimum atomic E-state index is -0.490. The van der Waals surface area contributed by atoms with Crippen LogP contribution in [0.5, 0.6) is 17.2 Å². The van der Waals surface area contributed by atoms with E-state index in [1.165, 1.54) is 12.1 Å². The van der Waals surface area contributed by atoms with E-state index in [0.717, 1.165) is 0 Å². The molecule has 0 unspecified atom stereocenters. The zero-order valence-corrected chi connectivity index (χ0v) is 7.71. The van der Waals surface area contributed by atoms with Gasteiger partial charge in [0.2, 0.25) is 0 Å². The van der Waals surface area contributed by atoms with E-state index in [0.29, 0.717) is 18.5 Å². The van der Waals surface area contributed by atoms with Gasteiger partial charge in [0.25, 0.3) is 0 Å². The predicted octanol–water partition coefficient (Wildman–Crippen LogP) is 0.726. The first-order chi connectivity index (χ1) is 5.65. The van der Waals surface area contributed by atoms with Gasteiger partial charge >= 0.3 is 0 Å². The molecule has 0 amide bonds. The fourth-order valence-electron chi connectivity index (χ4n) is 0.972. The van der Waals surface area contributed by atoms with Crippen LogP contribution in [0, 0.1) is 0 Å². The zero-order valence-electron chi connectivity index (χ0n) is 6.90. The minimum Gasteiger partial charge on any atom is -0.504 e. The zero-order chi connectivity index (χ0) is 9.14. The van der Waals surface area contributed by atoms with Gasteiger partial charge in [0.15, 0.2) is 17.2 Å². The SMILES string of the molecule is Cl.NCCc1cc(O)c(O)c(O)c1. The van der Waals surface area contributed by atoms with E-state index in [2.05, 4.69) is 0 Å². The Balaban J connectivity index is 0.00000144. The Hall–Kier alpha value is -1.13. The van der Waals surface area contributed by atoms with Crippen molar-refractivity contribution in [2.45, 2.75) is 6.42 Å². The van der Waals surface area contributed by atoms with Crippen molar-refractivity contribution in [3.05, 3.63) is 17.7 Å². The lowest BCUT2D eigenvalue weighted by Gasteiger charge is -2.03. The summed E-state index contributed by atoms with van der Waals surface area (Å²) in [6.07, 6.45) is 0.557. The summed E-state index contributed by atoms with van der Waals surface area (Å²) in [7, 11) is 0. The van der Waals surface area contributed by atoms with E-state index in [4.69, 9.17) is 21.1 Å². The summed E-state index contributed by atoms with van der Waals surface area (Å²) in [6, 6.07) is 2.75. The largest absolute Gasteiger partial charge is 0.504 e. The molecule has 74 valence electrons. The van der Waals surface area contributed by atoms with Gasteiger partial charge in [-0.1, -0.05) is 0 Å². The Bertz CT molecular complexity index is 268. The summed E-state index contributed by atoms with van der Waals surface area (Å²) < 4.78 is 0. The first-order valence-corrected chi connectivity index (χ1v) is 3.59. The van der Waals surface area contributed by atoms with Crippen molar-refractivity contribution >= 4 is 12.4 Å². The van der Waals surface area contributed by atoms with Gasteiger partial charge in [-0.3, -0.25) is 0 Å². The molecular weight excluding hydrogens is 194 g/mol. The lowest BCUT2D eigenvalue weighted by Crippen LogP contribution is -2.02. The molecule has 5 heteroatoms. The molecule has 5 N–H and O–H groups in total. The number of aromatic hydroxyl groups is 3. The van der Waals surface area contributed by atoms with Gasteiger partial charge < -0.3 is 21.1 Å². The molecule has 0 saturated heterocycles. The lowest BCUT2D eigenvalue weighted by atomic mass is 10.1. The Kier molecular flexibility index (Phi) is 4.37. The van der Waals surface area contributed by atoms with Crippen LogP contribution in [0.2, 0.25) is 0 Å². The molecule has 0 bridgehead atoms. The van der Waals surface area contributed by atoms with Gasteiger partial charge in [0, 0.05) is 0 Å². The number of hydrogen-bond donors (Lipinski definition) is 4. The van der Waals surface area contributed by atoms with Crippen LogP contribution < -0.4 is 5.73 Å². The topological polar surface area (TPSA) is 86.7 Å². The molecule has 0 aromatic heterocycles. The van der Waals surface area contributed by atoms with Gasteiger partial charge in [-0.15, -0.1) is 12.4 Å². The summed E-state index contributed by atoms with van der Waals surface area (Å²) in [5.74, 6) is -1.13. The van der Waals surface area contributed by atoms with Crippen molar-refractivity contribution in [2.75, 3.05) is 6.54 Å². The van der Waals surface area contributed by atoms with Crippen molar-refractivity contribution in [1.29, 1.82) is 0 Å². The van der Waals surface area contributed by atoms with Crippen molar-refractivity contribution in [3.63, 3.8) is 0 Å². The van der Waals surface area contributed by atoms with E-state index >= 15 is 0 Å². The highest BCUT2D eigenvalue weighted by molar-refractivity contribution is 5.85. The second-order valence-electron chi connectivity index (χ2n) is 2.52. The molecule has 0 atom stereocenters. The highest BCUT2D eigenvalue weighted by Crippen LogP contribution is 2.35. The predicted molar refractivity (Wildman–Crippen MR) is 51.4 cm³/mol. The molecule has 0 spiro atoms. The molecule has 1 aromatic carbocycles. The molecule has 0 aliphatic rings. The number of rotatable bonds is 2. The third kappa shape index (κ3) is 2.68. The number of halogens is 1. The molecule has 0 radical (unpaired) electrons. The Morgan fingerprint density at radius 1 is 1.08 bits per heavy atom. The summed E-state index contributed by atoms with van der Waals surface area (Å²) in [5, 5.41) is 27.1. The van der Waals surface area contributed by atoms with Crippen molar-refractivity contribution in [3.8, 4) is 17.2 Å². The van der Waals surface area contributed by atoms with E-state index in [1.807, 2.05) is 0 Å². The summed E-state index contributed by atoms with van der Waals surface area (Å²) in [4.78, 5) is 0. The summed E-state index contributed by atoms with van der Waals surface area (Å²) >= 11 is 0. The van der Waals surface area contributed by atoms with E-state index in [9.17, 15) is 0 Å². The van der Waals surface area contributed by atoms with Crippen LogP contribution in [0.3, 0.4) is 0 Å². The molecule has 1 aromatic rings. The van der Waals surface area contributed by atoms with Crippen LogP contribution in [-0.4, -0.2) is 21.9 Å². The Morgan fingerprint density at radius 2 is 1.54 bits per heavy atom. The second-order valence-corrected chi connectivity index (χ2v) is 2.52. The minimum absolute atomic E-state index is 0. The first kappa shape index (κ1) is 11.9. The van der Waals surface area contributed by atoms with Gasteiger partial charge in [-0.2, -0.15) is 0 Å². The average Bonchev–Trinajstić information content (AvgIpc) is 2.01. The normalized spacial score (nSPS) is 9.31. The Morgan fingerprint density at radius 3 is 1.92 bits per heavy atom. The van der Waals surface area contributed by atoms with Crippen molar-refractivity contribution in [1.82, 2.24) is 0 Å². The number of hydrogen-bond acceptors (Lipinski definition) is 4. The second kappa shape index (κ2) is 4.79. The number of phenols is 3. The Labute approximate surface area is 82.0 Å². The first-order valence-electron chi connectivity index (χ1n) is 3.59. The van der Waals surface area contributed by atoms with Gasteiger partial charge in [-0.25, -0.2) is 0 Å². The van der Waals surface area contributed by atoms with Crippen molar-refractivity contribution in [2.24, 2.45) is 5.73 Å². The summed E-state index contributed by atoms with van der Waals surface area (Å²) in [5.41, 5.74) is 5.97. The van der Waals surface area contributed by atoms with Gasteiger partial charge in [0.1, 0.15) is 0 Å². The molecule has 0 fully saturated rings. The molecule has 0 aliphatic heterocycles. The summed E-state index contributed by atoms with van der Waals surface area (Å²) in [6.45, 7) is 0.434. The maximum Gasteiger partial charge on any atom is 0.200 e. The standard InChI is InChI=1S/C8H11NO3.ClH/c9-2-1-5-3-6(10)8(12)7(11)4-5;/h3-4,10-12H,1-2,9H2;1H. The van der Waals surface area contributed by atoms with Crippen LogP contribution in [0.25, 0.3) is 0 Å². The third-order valence-corrected chi connectivity index (χ3v) is 1.56. The van der Waals surface area contributed by atoms with Crippen LogP contribution in [0.15, 0.2) is 12.1 Å². The quantitative estimate of drug-likeness (QED) is 0.536. The number of phenolic OH excluding ortho intramolecular Hbond substituents is 3. The number of benzene rings is 1. The molecule has 0 heterocycles. The van der Waals surface area contributed by atoms with Crippen LogP contribution in [-0.2, 0) is 6.42 Å². The average molecular weight is 206 g/mol. The van der Waals surface area contributed by atoms with Crippen molar-refractivity contribution < 1.29 is 15.3 Å². The maximum absolute atomic E-state index is 9.06. The molecule has 4 nitrogen and oxygen atoms in total. The van der Waals surface area contributed by atoms with E-state index in [1.54, 1.807) is 0 Å². The fraction of sp³-hybridized carbons (Fsp3) is 0.250. The van der Waals surface area contributed by atoms with Gasteiger partial charge in [0.05, 0.1) is 0 Å². The third-order valence-electron chi connectivity index (χ3n) is 1.56. The highest BCUT2D eigenvalue weighted by atomic mass is 35.5. The smallest absolute Gasteiger partial charge is 0.200 e. The molecule has 0 aliphatic carbocycles. The molecule has 13 heavy (non-hydrogen) atoms. The highest BCUT2D eigenvalue weighted by Gasteiger charge is 2.06. The van der Waals surface area contributed by atoms with Crippen LogP contribution in [0.1, 0.15) is 5.56 Å². The van der Waals surface area contributed by atoms with Crippen LogP contribution >= 0.6 is 12.4 Å². The number of nitrogens with two attached hydrogens (primary N) is 1. The molecular formula is C8H12ClNO3. The maximum atomic E-state index is 9.06. The lowest BCUT2D eigenvalue weighted by molar-refractivity contribution is 0.367. The van der Waals surface area contributed by atoms with Gasteiger partial charge in [-0.05, 0) is 30.7 Å². The molecule has 0 saturated carbocycles. The van der Waals surface area contributed by atoms with Crippen LogP contribution in [0.4, 0.5) is 0 Å².